The van der Waals surface area contributed by atoms with Crippen LogP contribution in [-0.4, -0.2) is 49.3 Å². The smallest absolute Gasteiger partial charge is 0.234 e. The van der Waals surface area contributed by atoms with Gasteiger partial charge in [0.05, 0.1) is 13.2 Å². The molecule has 5 nitrogen and oxygen atoms in total. The van der Waals surface area contributed by atoms with Gasteiger partial charge in [-0.3, -0.25) is 10.2 Å². The fourth-order valence-electron chi connectivity index (χ4n) is 3.50. The number of nitrogens with zero attached hydrogens (tertiary/aromatic N) is 1. The minimum absolute atomic E-state index is 0.184. The van der Waals surface area contributed by atoms with Gasteiger partial charge in [0, 0.05) is 31.6 Å². The quantitative estimate of drug-likeness (QED) is 0.758. The summed E-state index contributed by atoms with van der Waals surface area (Å²) in [7, 11) is 0. The van der Waals surface area contributed by atoms with E-state index in [9.17, 15) is 4.79 Å². The van der Waals surface area contributed by atoms with Gasteiger partial charge in [-0.1, -0.05) is 0 Å². The molecule has 2 unspecified atom stereocenters. The van der Waals surface area contributed by atoms with Crippen molar-refractivity contribution >= 4 is 5.91 Å². The van der Waals surface area contributed by atoms with Crippen LogP contribution in [0.1, 0.15) is 32.1 Å². The Hall–Kier alpha value is -0.650. The summed E-state index contributed by atoms with van der Waals surface area (Å²) < 4.78 is 5.27. The normalized spacial score (nSPS) is 36.6. The highest BCUT2D eigenvalue weighted by molar-refractivity contribution is 5.75. The Balaban J connectivity index is 1.43. The van der Waals surface area contributed by atoms with Crippen LogP contribution in [0.3, 0.4) is 0 Å². The standard InChI is InChI=1S/C13H23N3O2/c17-13(15-16-3-5-18-6-4-16)9-10-7-11-1-2-12(8-10)14-11/h10-12,14H,1-9H2,(H,15,17). The Morgan fingerprint density at radius 3 is 2.56 bits per heavy atom. The summed E-state index contributed by atoms with van der Waals surface area (Å²) in [6.45, 7) is 3.06. The highest BCUT2D eigenvalue weighted by atomic mass is 16.5. The van der Waals surface area contributed by atoms with Crippen LogP contribution in [-0.2, 0) is 9.53 Å². The zero-order valence-corrected chi connectivity index (χ0v) is 10.9. The molecule has 0 aliphatic carbocycles. The molecule has 3 aliphatic rings. The number of fused-ring (bicyclic) bond motifs is 2. The molecule has 3 heterocycles. The predicted molar refractivity (Wildman–Crippen MR) is 67.8 cm³/mol. The van der Waals surface area contributed by atoms with Crippen molar-refractivity contribution in [2.24, 2.45) is 5.92 Å². The molecule has 0 radical (unpaired) electrons. The molecule has 1 amide bonds. The van der Waals surface area contributed by atoms with Gasteiger partial charge in [-0.2, -0.15) is 0 Å². The summed E-state index contributed by atoms with van der Waals surface area (Å²) in [5, 5.41) is 5.60. The molecule has 102 valence electrons. The van der Waals surface area contributed by atoms with E-state index in [1.807, 2.05) is 5.01 Å². The number of carbonyl (C=O) groups is 1. The second kappa shape index (κ2) is 5.55. The van der Waals surface area contributed by atoms with Crippen LogP contribution in [0, 0.1) is 5.92 Å². The van der Waals surface area contributed by atoms with E-state index in [0.717, 1.165) is 26.3 Å². The van der Waals surface area contributed by atoms with Crippen LogP contribution in [0.15, 0.2) is 0 Å². The Morgan fingerprint density at radius 2 is 1.89 bits per heavy atom. The average Bonchev–Trinajstić information content (AvgIpc) is 2.70. The summed E-state index contributed by atoms with van der Waals surface area (Å²) in [6, 6.07) is 1.34. The number of carbonyl (C=O) groups excluding carboxylic acids is 1. The number of amides is 1. The van der Waals surface area contributed by atoms with E-state index in [2.05, 4.69) is 10.7 Å². The summed E-state index contributed by atoms with van der Waals surface area (Å²) in [6.07, 6.45) is 5.63. The Kier molecular flexibility index (Phi) is 3.82. The molecule has 5 heteroatoms. The number of morpholine rings is 1. The minimum Gasteiger partial charge on any atom is -0.379 e. The van der Waals surface area contributed by atoms with Crippen molar-refractivity contribution < 1.29 is 9.53 Å². The molecule has 2 atom stereocenters. The summed E-state index contributed by atoms with van der Waals surface area (Å²) in [5.74, 6) is 0.757. The summed E-state index contributed by atoms with van der Waals surface area (Å²) in [5.41, 5.74) is 3.01. The molecule has 0 spiro atoms. The maximum Gasteiger partial charge on any atom is 0.234 e. The van der Waals surface area contributed by atoms with E-state index in [1.165, 1.54) is 25.7 Å². The molecule has 3 saturated heterocycles. The van der Waals surface area contributed by atoms with Crippen molar-refractivity contribution in [3.8, 4) is 0 Å². The molecule has 3 fully saturated rings. The van der Waals surface area contributed by atoms with Gasteiger partial charge in [0.1, 0.15) is 0 Å². The molecule has 3 rings (SSSR count). The molecule has 2 bridgehead atoms. The number of ether oxygens (including phenoxy) is 1. The first-order chi connectivity index (χ1) is 8.79. The fraction of sp³-hybridized carbons (Fsp3) is 0.923. The van der Waals surface area contributed by atoms with Crippen molar-refractivity contribution in [3.63, 3.8) is 0 Å². The van der Waals surface area contributed by atoms with E-state index >= 15 is 0 Å². The van der Waals surface area contributed by atoms with Gasteiger partial charge in [-0.05, 0) is 31.6 Å². The first-order valence-electron chi connectivity index (χ1n) is 7.18. The number of rotatable bonds is 3. The molecule has 2 N–H and O–H groups in total. The lowest BCUT2D eigenvalue weighted by Gasteiger charge is -2.30. The van der Waals surface area contributed by atoms with Crippen LogP contribution < -0.4 is 10.7 Å². The SMILES string of the molecule is O=C(CC1CC2CCC(C1)N2)NN1CCOCC1. The lowest BCUT2D eigenvalue weighted by Crippen LogP contribution is -2.49. The Bertz CT molecular complexity index is 293. The van der Waals surface area contributed by atoms with Gasteiger partial charge in [0.15, 0.2) is 0 Å². The fourth-order valence-corrected chi connectivity index (χ4v) is 3.50. The highest BCUT2D eigenvalue weighted by Gasteiger charge is 2.34. The molecule has 0 aromatic heterocycles. The van der Waals surface area contributed by atoms with Gasteiger partial charge in [-0.25, -0.2) is 5.01 Å². The minimum atomic E-state index is 0.184. The van der Waals surface area contributed by atoms with Crippen molar-refractivity contribution in [1.29, 1.82) is 0 Å². The second-order valence-electron chi connectivity index (χ2n) is 5.81. The summed E-state index contributed by atoms with van der Waals surface area (Å²) >= 11 is 0. The van der Waals surface area contributed by atoms with E-state index in [-0.39, 0.29) is 5.91 Å². The van der Waals surface area contributed by atoms with E-state index in [0.29, 0.717) is 24.4 Å². The summed E-state index contributed by atoms with van der Waals surface area (Å²) in [4.78, 5) is 12.0. The van der Waals surface area contributed by atoms with Crippen LogP contribution >= 0.6 is 0 Å². The van der Waals surface area contributed by atoms with Crippen molar-refractivity contribution in [3.05, 3.63) is 0 Å². The first kappa shape index (κ1) is 12.4. The van der Waals surface area contributed by atoms with Gasteiger partial charge >= 0.3 is 0 Å². The van der Waals surface area contributed by atoms with E-state index in [4.69, 9.17) is 4.74 Å². The average molecular weight is 253 g/mol. The molecular weight excluding hydrogens is 230 g/mol. The van der Waals surface area contributed by atoms with Gasteiger partial charge in [0.2, 0.25) is 5.91 Å². The highest BCUT2D eigenvalue weighted by Crippen LogP contribution is 2.32. The van der Waals surface area contributed by atoms with Crippen molar-refractivity contribution in [2.75, 3.05) is 26.3 Å². The van der Waals surface area contributed by atoms with Crippen LogP contribution in [0.4, 0.5) is 0 Å². The second-order valence-corrected chi connectivity index (χ2v) is 5.81. The Labute approximate surface area is 108 Å². The van der Waals surface area contributed by atoms with Crippen LogP contribution in [0.2, 0.25) is 0 Å². The first-order valence-corrected chi connectivity index (χ1v) is 7.18. The molecule has 18 heavy (non-hydrogen) atoms. The van der Waals surface area contributed by atoms with Gasteiger partial charge < -0.3 is 10.1 Å². The third-order valence-corrected chi connectivity index (χ3v) is 4.34. The zero-order valence-electron chi connectivity index (χ0n) is 10.9. The molecule has 0 aromatic carbocycles. The third kappa shape index (κ3) is 3.02. The molecule has 0 saturated carbocycles. The molecular formula is C13H23N3O2. The van der Waals surface area contributed by atoms with E-state index < -0.39 is 0 Å². The lowest BCUT2D eigenvalue weighted by atomic mass is 9.89. The maximum absolute atomic E-state index is 12.0. The van der Waals surface area contributed by atoms with Crippen molar-refractivity contribution in [2.45, 2.75) is 44.2 Å². The van der Waals surface area contributed by atoms with Gasteiger partial charge in [-0.15, -0.1) is 0 Å². The number of hydrazine groups is 1. The van der Waals surface area contributed by atoms with Crippen molar-refractivity contribution in [1.82, 2.24) is 15.8 Å². The van der Waals surface area contributed by atoms with Crippen LogP contribution in [0.5, 0.6) is 0 Å². The maximum atomic E-state index is 12.0. The molecule has 0 aromatic rings. The third-order valence-electron chi connectivity index (χ3n) is 4.34. The number of hydrogen-bond acceptors (Lipinski definition) is 4. The number of hydrogen-bond donors (Lipinski definition) is 2. The topological polar surface area (TPSA) is 53.6 Å². The number of nitrogens with one attached hydrogen (secondary N) is 2. The van der Waals surface area contributed by atoms with Gasteiger partial charge in [0.25, 0.3) is 0 Å². The van der Waals surface area contributed by atoms with E-state index in [1.54, 1.807) is 0 Å². The monoisotopic (exact) mass is 253 g/mol. The van der Waals surface area contributed by atoms with Crippen LogP contribution in [0.25, 0.3) is 0 Å². The zero-order chi connectivity index (χ0) is 12.4. The molecule has 3 aliphatic heterocycles. The Morgan fingerprint density at radius 1 is 1.22 bits per heavy atom. The predicted octanol–water partition coefficient (Wildman–Crippen LogP) is 0.271. The lowest BCUT2D eigenvalue weighted by molar-refractivity contribution is -0.129. The number of piperidine rings is 1. The largest absolute Gasteiger partial charge is 0.379 e.